The first kappa shape index (κ1) is 17.8. The van der Waals surface area contributed by atoms with Crippen LogP contribution in [0.1, 0.15) is 52.9 Å². The summed E-state index contributed by atoms with van der Waals surface area (Å²) in [6, 6.07) is 0.468. The standard InChI is InChI=1S/C16H28N4S/c1-6-9-12(7-2)10-13(8-3)20(5)15-14(17-4)16(21)19-11-18-15/h11-13H,4,6-10H2,1-3,5H3,(H,18,19,21). The minimum Gasteiger partial charge on any atom is -0.356 e. The third kappa shape index (κ3) is 4.63. The lowest BCUT2D eigenvalue weighted by atomic mass is 9.91. The lowest BCUT2D eigenvalue weighted by molar-refractivity contribution is 0.379. The molecule has 2 atom stereocenters. The molecule has 0 spiro atoms. The van der Waals surface area contributed by atoms with Crippen LogP contribution in [-0.2, 0) is 0 Å². The number of H-pyrrole nitrogens is 1. The first-order valence-electron chi connectivity index (χ1n) is 7.86. The van der Waals surface area contributed by atoms with E-state index < -0.39 is 0 Å². The van der Waals surface area contributed by atoms with Gasteiger partial charge in [-0.25, -0.2) is 4.98 Å². The van der Waals surface area contributed by atoms with Gasteiger partial charge in [0.05, 0.1) is 6.33 Å². The average Bonchev–Trinajstić information content (AvgIpc) is 2.50. The molecule has 0 bridgehead atoms. The Morgan fingerprint density at radius 3 is 2.62 bits per heavy atom. The number of hydrogen-bond acceptors (Lipinski definition) is 4. The molecule has 1 aromatic rings. The van der Waals surface area contributed by atoms with Crippen LogP contribution in [0.25, 0.3) is 0 Å². The number of aromatic nitrogens is 2. The predicted molar refractivity (Wildman–Crippen MR) is 94.4 cm³/mol. The number of hydrogen-bond donors (Lipinski definition) is 1. The molecule has 0 aliphatic rings. The highest BCUT2D eigenvalue weighted by Gasteiger charge is 2.20. The fraction of sp³-hybridized carbons (Fsp3) is 0.688. The summed E-state index contributed by atoms with van der Waals surface area (Å²) in [6.07, 6.45) is 7.69. The minimum atomic E-state index is 0.468. The van der Waals surface area contributed by atoms with Gasteiger partial charge in [0.1, 0.15) is 11.5 Å². The molecule has 0 amide bonds. The molecule has 0 aliphatic carbocycles. The highest BCUT2D eigenvalue weighted by atomic mass is 32.1. The monoisotopic (exact) mass is 308 g/mol. The average molecular weight is 308 g/mol. The summed E-state index contributed by atoms with van der Waals surface area (Å²) in [5, 5.41) is 0. The van der Waals surface area contributed by atoms with E-state index in [0.717, 1.165) is 18.2 Å². The van der Waals surface area contributed by atoms with Gasteiger partial charge in [-0.1, -0.05) is 52.3 Å². The summed E-state index contributed by atoms with van der Waals surface area (Å²) in [5.74, 6) is 1.69. The Morgan fingerprint density at radius 2 is 2.10 bits per heavy atom. The summed E-state index contributed by atoms with van der Waals surface area (Å²) >= 11 is 5.24. The van der Waals surface area contributed by atoms with E-state index in [2.05, 4.69) is 54.4 Å². The molecule has 4 nitrogen and oxygen atoms in total. The Kier molecular flexibility index (Phi) is 7.57. The van der Waals surface area contributed by atoms with Gasteiger partial charge in [0.15, 0.2) is 4.64 Å². The molecule has 1 N–H and O–H groups in total. The molecule has 21 heavy (non-hydrogen) atoms. The normalized spacial score (nSPS) is 13.7. The molecule has 0 radical (unpaired) electrons. The number of aliphatic imine (C=N–C) groups is 1. The molecule has 1 aromatic heterocycles. The van der Waals surface area contributed by atoms with Crippen molar-refractivity contribution in [1.82, 2.24) is 9.97 Å². The Balaban J connectivity index is 2.98. The molecule has 0 saturated carbocycles. The zero-order valence-electron chi connectivity index (χ0n) is 13.7. The largest absolute Gasteiger partial charge is 0.356 e. The second-order valence-electron chi connectivity index (χ2n) is 5.53. The van der Waals surface area contributed by atoms with Gasteiger partial charge in [-0.3, -0.25) is 4.99 Å². The number of aromatic amines is 1. The van der Waals surface area contributed by atoms with Crippen molar-refractivity contribution < 1.29 is 0 Å². The van der Waals surface area contributed by atoms with E-state index in [1.807, 2.05) is 0 Å². The van der Waals surface area contributed by atoms with Crippen LogP contribution in [0, 0.1) is 10.6 Å². The molecule has 5 heteroatoms. The molecule has 118 valence electrons. The van der Waals surface area contributed by atoms with E-state index in [0.29, 0.717) is 16.4 Å². The molecule has 1 rings (SSSR count). The van der Waals surface area contributed by atoms with Crippen LogP contribution in [-0.4, -0.2) is 29.8 Å². The summed E-state index contributed by atoms with van der Waals surface area (Å²) < 4.78 is 0.501. The van der Waals surface area contributed by atoms with Gasteiger partial charge < -0.3 is 9.88 Å². The topological polar surface area (TPSA) is 44.3 Å². The van der Waals surface area contributed by atoms with E-state index >= 15 is 0 Å². The zero-order valence-corrected chi connectivity index (χ0v) is 14.5. The Labute approximate surface area is 133 Å². The van der Waals surface area contributed by atoms with Crippen molar-refractivity contribution in [3.63, 3.8) is 0 Å². The smallest absolute Gasteiger partial charge is 0.157 e. The zero-order chi connectivity index (χ0) is 15.8. The van der Waals surface area contributed by atoms with Crippen molar-refractivity contribution in [2.75, 3.05) is 11.9 Å². The van der Waals surface area contributed by atoms with Gasteiger partial charge >= 0.3 is 0 Å². The number of nitrogens with one attached hydrogen (secondary N) is 1. The quantitative estimate of drug-likeness (QED) is 0.521. The van der Waals surface area contributed by atoms with E-state index in [9.17, 15) is 0 Å². The van der Waals surface area contributed by atoms with Gasteiger partial charge in [-0.2, -0.15) is 0 Å². The molecule has 0 fully saturated rings. The number of nitrogens with zero attached hydrogens (tertiary/aromatic N) is 3. The second-order valence-corrected chi connectivity index (χ2v) is 5.92. The Morgan fingerprint density at radius 1 is 1.38 bits per heavy atom. The SMILES string of the molecule is C=Nc1c(N(C)C(CC)CC(CC)CCC)[nH]cnc1=S. The van der Waals surface area contributed by atoms with Crippen molar-refractivity contribution in [3.8, 4) is 0 Å². The molecule has 2 unspecified atom stereocenters. The lowest BCUT2D eigenvalue weighted by Gasteiger charge is -2.32. The minimum absolute atomic E-state index is 0.468. The summed E-state index contributed by atoms with van der Waals surface area (Å²) in [4.78, 5) is 13.6. The first-order chi connectivity index (χ1) is 10.1. The van der Waals surface area contributed by atoms with Gasteiger partial charge in [-0.15, -0.1) is 0 Å². The summed E-state index contributed by atoms with van der Waals surface area (Å²) in [6.45, 7) is 10.4. The third-order valence-electron chi connectivity index (χ3n) is 4.22. The highest BCUT2D eigenvalue weighted by molar-refractivity contribution is 7.71. The third-order valence-corrected chi connectivity index (χ3v) is 4.52. The highest BCUT2D eigenvalue weighted by Crippen LogP contribution is 2.30. The maximum Gasteiger partial charge on any atom is 0.157 e. The molecule has 0 saturated heterocycles. The van der Waals surface area contributed by atoms with E-state index in [1.165, 1.54) is 25.7 Å². The summed E-state index contributed by atoms with van der Waals surface area (Å²) in [5.41, 5.74) is 0.678. The second kappa shape index (κ2) is 8.93. The van der Waals surface area contributed by atoms with Crippen LogP contribution < -0.4 is 4.90 Å². The molecule has 0 aromatic carbocycles. The van der Waals surface area contributed by atoms with Crippen molar-refractivity contribution in [2.24, 2.45) is 10.9 Å². The predicted octanol–water partition coefficient (Wildman–Crippen LogP) is 4.90. The molecular formula is C16H28N4S. The van der Waals surface area contributed by atoms with Crippen molar-refractivity contribution >= 4 is 30.4 Å². The van der Waals surface area contributed by atoms with Crippen molar-refractivity contribution in [3.05, 3.63) is 11.0 Å². The van der Waals surface area contributed by atoms with Crippen molar-refractivity contribution in [1.29, 1.82) is 0 Å². The number of anilines is 1. The van der Waals surface area contributed by atoms with Gasteiger partial charge in [0, 0.05) is 13.1 Å². The van der Waals surface area contributed by atoms with Crippen molar-refractivity contribution in [2.45, 2.75) is 58.9 Å². The molecular weight excluding hydrogens is 280 g/mol. The maximum atomic E-state index is 5.24. The Hall–Kier alpha value is -1.23. The fourth-order valence-electron chi connectivity index (χ4n) is 2.86. The van der Waals surface area contributed by atoms with Crippen LogP contribution in [0.4, 0.5) is 11.5 Å². The van der Waals surface area contributed by atoms with E-state index in [-0.39, 0.29) is 0 Å². The van der Waals surface area contributed by atoms with E-state index in [1.54, 1.807) is 6.33 Å². The fourth-order valence-corrected chi connectivity index (χ4v) is 3.07. The maximum absolute atomic E-state index is 5.24. The van der Waals surface area contributed by atoms with Crippen LogP contribution in [0.5, 0.6) is 0 Å². The Bertz CT molecular complexity index is 497. The van der Waals surface area contributed by atoms with E-state index in [4.69, 9.17) is 12.2 Å². The summed E-state index contributed by atoms with van der Waals surface area (Å²) in [7, 11) is 2.10. The lowest BCUT2D eigenvalue weighted by Crippen LogP contribution is -2.33. The van der Waals surface area contributed by atoms with Gasteiger partial charge in [-0.05, 0) is 25.5 Å². The van der Waals surface area contributed by atoms with Crippen LogP contribution in [0.3, 0.4) is 0 Å². The molecule has 1 heterocycles. The first-order valence-corrected chi connectivity index (χ1v) is 8.26. The number of rotatable bonds is 9. The van der Waals surface area contributed by atoms with Gasteiger partial charge in [0.25, 0.3) is 0 Å². The van der Waals surface area contributed by atoms with Crippen LogP contribution in [0.15, 0.2) is 11.3 Å². The van der Waals surface area contributed by atoms with Gasteiger partial charge in [0.2, 0.25) is 0 Å². The van der Waals surface area contributed by atoms with Crippen LogP contribution >= 0.6 is 12.2 Å². The van der Waals surface area contributed by atoms with Crippen LogP contribution in [0.2, 0.25) is 0 Å². The molecule has 0 aliphatic heterocycles.